The molecule has 0 aromatic carbocycles. The van der Waals surface area contributed by atoms with Gasteiger partial charge in [-0.3, -0.25) is 6.54 Å². The fourth-order valence-corrected chi connectivity index (χ4v) is 0. The first kappa shape index (κ1) is 8.82. The molecule has 0 bridgehead atoms. The first-order chi connectivity index (χ1) is 1.41. The van der Waals surface area contributed by atoms with Crippen molar-refractivity contribution < 1.29 is 21.1 Å². The molecule has 2 heteroatoms. The van der Waals surface area contributed by atoms with Crippen molar-refractivity contribution in [1.82, 2.24) is 0 Å². The molecule has 26 valence electrons. The van der Waals surface area contributed by atoms with Crippen LogP contribution in [0.1, 0.15) is 6.92 Å². The maximum absolute atomic E-state index is 4.72. The van der Waals surface area contributed by atoms with Crippen LogP contribution >= 0.6 is 0 Å². The van der Waals surface area contributed by atoms with Gasteiger partial charge in [-0.15, -0.1) is 0 Å². The van der Waals surface area contributed by atoms with Gasteiger partial charge in [0.2, 0.25) is 0 Å². The normalized spacial score (nSPS) is 4.50. The number of rotatable bonds is 0. The van der Waals surface area contributed by atoms with E-state index in [0.717, 1.165) is 0 Å². The zero-order chi connectivity index (χ0) is 2.71. The van der Waals surface area contributed by atoms with Gasteiger partial charge in [-0.2, -0.15) is 6.92 Å². The van der Waals surface area contributed by atoms with Crippen LogP contribution in [-0.2, 0) is 21.1 Å². The van der Waals surface area contributed by atoms with Gasteiger partial charge in [-0.05, 0) is 0 Å². The monoisotopic (exact) mass is 228 g/mol. The van der Waals surface area contributed by atoms with Gasteiger partial charge in [-0.1, -0.05) is 0 Å². The summed E-state index contributed by atoms with van der Waals surface area (Å²) in [4.78, 5) is 0. The smallest absolute Gasteiger partial charge is 0 e. The Hall–Kier alpha value is 0.648. The minimum atomic E-state index is 0. The van der Waals surface area contributed by atoms with E-state index in [-0.39, 0.29) is 21.1 Å². The molecule has 0 spiro atoms. The molecule has 0 radical (unpaired) electrons. The number of nitrogens with two attached hydrogens (primary N) is 1. The van der Waals surface area contributed by atoms with Crippen molar-refractivity contribution >= 4 is 0 Å². The van der Waals surface area contributed by atoms with Crippen LogP contribution in [-0.4, -0.2) is 0 Å². The van der Waals surface area contributed by atoms with Crippen LogP contribution in [0, 0.1) is 6.54 Å². The van der Waals surface area contributed by atoms with Gasteiger partial charge in [0.25, 0.3) is 0 Å². The summed E-state index contributed by atoms with van der Waals surface area (Å²) in [6.45, 7) is 3.28. The standard InChI is InChI=1S/C2H6N.W/c1-2-3;/h2H,3H2,1H3;/q-1;. The topological polar surface area (TPSA) is 26.0 Å². The van der Waals surface area contributed by atoms with Gasteiger partial charge in [0, 0.05) is 21.1 Å². The van der Waals surface area contributed by atoms with Crippen molar-refractivity contribution in [2.24, 2.45) is 5.73 Å². The molecular formula is C2H6NW-. The predicted molar refractivity (Wildman–Crippen MR) is 14.2 cm³/mol. The minimum Gasteiger partial charge on any atom is -0.484 e. The van der Waals surface area contributed by atoms with Crippen LogP contribution in [0.3, 0.4) is 0 Å². The SMILES string of the molecule is C[CH-]N.[W]. The zero-order valence-electron chi connectivity index (χ0n) is 2.56. The molecule has 0 aromatic heterocycles. The Labute approximate surface area is 40.8 Å². The van der Waals surface area contributed by atoms with Crippen LogP contribution in [0.15, 0.2) is 0 Å². The van der Waals surface area contributed by atoms with Crippen molar-refractivity contribution in [3.8, 4) is 0 Å². The zero-order valence-corrected chi connectivity index (χ0v) is 5.50. The molecule has 0 aliphatic carbocycles. The van der Waals surface area contributed by atoms with Gasteiger partial charge in [0.1, 0.15) is 0 Å². The van der Waals surface area contributed by atoms with Crippen molar-refractivity contribution in [3.63, 3.8) is 0 Å². The minimum absolute atomic E-state index is 0. The Balaban J connectivity index is 0. The third kappa shape index (κ3) is 17.1. The summed E-state index contributed by atoms with van der Waals surface area (Å²) in [5.74, 6) is 0. The van der Waals surface area contributed by atoms with Gasteiger partial charge in [0.05, 0.1) is 0 Å². The van der Waals surface area contributed by atoms with E-state index >= 15 is 0 Å². The molecule has 0 heterocycles. The summed E-state index contributed by atoms with van der Waals surface area (Å²) < 4.78 is 0. The second-order valence-electron chi connectivity index (χ2n) is 0.333. The summed E-state index contributed by atoms with van der Waals surface area (Å²) in [5, 5.41) is 0. The maximum atomic E-state index is 4.72. The molecule has 4 heavy (non-hydrogen) atoms. The van der Waals surface area contributed by atoms with E-state index < -0.39 is 0 Å². The van der Waals surface area contributed by atoms with E-state index in [1.807, 2.05) is 0 Å². The summed E-state index contributed by atoms with van der Waals surface area (Å²) in [5.41, 5.74) is 4.72. The molecule has 1 nitrogen and oxygen atoms in total. The summed E-state index contributed by atoms with van der Waals surface area (Å²) in [6.07, 6.45) is 0. The second kappa shape index (κ2) is 9.42. The quantitative estimate of drug-likeness (QED) is 0.585. The van der Waals surface area contributed by atoms with E-state index in [0.29, 0.717) is 0 Å². The molecule has 2 N–H and O–H groups in total. The largest absolute Gasteiger partial charge is 0.484 e. The first-order valence-corrected chi connectivity index (χ1v) is 0.911. The molecule has 0 saturated heterocycles. The van der Waals surface area contributed by atoms with Crippen LogP contribution in [0.25, 0.3) is 0 Å². The molecule has 0 amide bonds. The van der Waals surface area contributed by atoms with Crippen molar-refractivity contribution in [2.45, 2.75) is 6.92 Å². The van der Waals surface area contributed by atoms with Gasteiger partial charge >= 0.3 is 0 Å². The maximum Gasteiger partial charge on any atom is 0 e. The number of hydrogen-bond donors (Lipinski definition) is 1. The fraction of sp³-hybridized carbons (Fsp3) is 0.500. The molecule has 0 fully saturated rings. The van der Waals surface area contributed by atoms with Crippen molar-refractivity contribution in [3.05, 3.63) is 6.54 Å². The Morgan fingerprint density at radius 2 is 1.75 bits per heavy atom. The second-order valence-corrected chi connectivity index (χ2v) is 0.333. The first-order valence-electron chi connectivity index (χ1n) is 0.911. The summed E-state index contributed by atoms with van der Waals surface area (Å²) in [6, 6.07) is 0. The Bertz CT molecular complexity index is 6.00. The number of hydrogen-bond acceptors (Lipinski definition) is 1. The molecule has 0 aliphatic rings. The van der Waals surface area contributed by atoms with Gasteiger partial charge in [0.15, 0.2) is 0 Å². The predicted octanol–water partition coefficient (Wildman–Crippen LogP) is 0.124. The third-order valence-corrected chi connectivity index (χ3v) is 0. The van der Waals surface area contributed by atoms with Crippen molar-refractivity contribution in [2.75, 3.05) is 0 Å². The average Bonchev–Trinajstić information content (AvgIpc) is 0.918. The summed E-state index contributed by atoms with van der Waals surface area (Å²) >= 11 is 0. The average molecular weight is 228 g/mol. The van der Waals surface area contributed by atoms with Crippen LogP contribution in [0.5, 0.6) is 0 Å². The molecule has 0 unspecified atom stereocenters. The Morgan fingerprint density at radius 1 is 1.75 bits per heavy atom. The molecule has 0 aromatic rings. The van der Waals surface area contributed by atoms with Crippen LogP contribution < -0.4 is 5.73 Å². The molecule has 0 rings (SSSR count). The van der Waals surface area contributed by atoms with E-state index in [9.17, 15) is 0 Å². The van der Waals surface area contributed by atoms with Gasteiger partial charge in [-0.25, -0.2) is 0 Å². The van der Waals surface area contributed by atoms with Gasteiger partial charge < -0.3 is 5.73 Å². The molecule has 0 aliphatic heterocycles. The Kier molecular flexibility index (Phi) is 20.8. The van der Waals surface area contributed by atoms with Crippen LogP contribution in [0.4, 0.5) is 0 Å². The molecule has 0 atom stereocenters. The van der Waals surface area contributed by atoms with E-state index in [2.05, 4.69) is 0 Å². The van der Waals surface area contributed by atoms with E-state index in [1.54, 1.807) is 6.92 Å². The summed E-state index contributed by atoms with van der Waals surface area (Å²) in [7, 11) is 0. The fourth-order valence-electron chi connectivity index (χ4n) is 0. The van der Waals surface area contributed by atoms with Crippen LogP contribution in [0.2, 0.25) is 0 Å². The molecule has 0 saturated carbocycles. The molecular weight excluding hydrogens is 222 g/mol. The third-order valence-electron chi connectivity index (χ3n) is 0. The Morgan fingerprint density at radius 3 is 1.75 bits per heavy atom. The van der Waals surface area contributed by atoms with E-state index in [1.165, 1.54) is 6.54 Å². The van der Waals surface area contributed by atoms with E-state index in [4.69, 9.17) is 5.73 Å². The van der Waals surface area contributed by atoms with Crippen molar-refractivity contribution in [1.29, 1.82) is 0 Å².